The van der Waals surface area contributed by atoms with E-state index in [0.717, 1.165) is 31.2 Å². The molecule has 0 spiro atoms. The van der Waals surface area contributed by atoms with Crippen LogP contribution in [0.1, 0.15) is 55.6 Å². The summed E-state index contributed by atoms with van der Waals surface area (Å²) in [5, 5.41) is 10.4. The van der Waals surface area contributed by atoms with Crippen molar-refractivity contribution in [2.24, 2.45) is 11.7 Å². The average molecular weight is 424 g/mol. The Hall–Kier alpha value is -2.12. The molecule has 1 aromatic carbocycles. The number of nitrogens with one attached hydrogen (secondary N) is 2. The minimum Gasteiger partial charge on any atom is -0.469 e. The van der Waals surface area contributed by atoms with Crippen LogP contribution in [0.25, 0.3) is 0 Å². The van der Waals surface area contributed by atoms with Crippen molar-refractivity contribution in [1.82, 2.24) is 5.32 Å². The molecule has 3 rings (SSSR count). The molecule has 1 aliphatic carbocycles. The Morgan fingerprint density at radius 1 is 1.21 bits per heavy atom. The Kier molecular flexibility index (Phi) is 8.46. The minimum atomic E-state index is -0.351. The number of nitrogens with two attached hydrogens (primary N) is 1. The Bertz CT molecular complexity index is 717. The molecule has 1 saturated heterocycles. The number of halogens is 1. The number of amides is 1. The third-order valence-corrected chi connectivity index (χ3v) is 5.83. The van der Waals surface area contributed by atoms with Gasteiger partial charge in [0.1, 0.15) is 5.84 Å². The van der Waals surface area contributed by atoms with E-state index in [0.29, 0.717) is 18.9 Å². The summed E-state index contributed by atoms with van der Waals surface area (Å²) in [6, 6.07) is 7.93. The van der Waals surface area contributed by atoms with Crippen molar-refractivity contribution in [3.63, 3.8) is 0 Å². The Morgan fingerprint density at radius 3 is 2.45 bits per heavy atom. The normalized spacial score (nSPS) is 26.3. The number of hydrogen-bond acceptors (Lipinski definition) is 5. The highest BCUT2D eigenvalue weighted by atomic mass is 35.5. The quantitative estimate of drug-likeness (QED) is 0.354. The highest BCUT2D eigenvalue weighted by Gasteiger charge is 2.34. The van der Waals surface area contributed by atoms with Gasteiger partial charge in [-0.1, -0.05) is 24.3 Å². The van der Waals surface area contributed by atoms with Crippen molar-refractivity contribution in [2.45, 2.75) is 56.6 Å². The fraction of sp³-hybridized carbons (Fsp3) is 0.571. The van der Waals surface area contributed by atoms with Gasteiger partial charge in [0, 0.05) is 5.56 Å². The zero-order chi connectivity index (χ0) is 20.1. The number of methoxy groups -OCH3 is 1. The first kappa shape index (κ1) is 23.2. The number of carbonyl (C=O) groups is 2. The second kappa shape index (κ2) is 10.6. The van der Waals surface area contributed by atoms with Crippen molar-refractivity contribution in [3.05, 3.63) is 35.4 Å². The summed E-state index contributed by atoms with van der Waals surface area (Å²) in [5.41, 5.74) is 7.55. The molecule has 1 aromatic rings. The molecule has 0 radical (unpaired) electrons. The van der Waals surface area contributed by atoms with Gasteiger partial charge in [0.25, 0.3) is 0 Å². The average Bonchev–Trinajstić information content (AvgIpc) is 3.06. The van der Waals surface area contributed by atoms with Crippen LogP contribution in [-0.2, 0) is 19.1 Å². The third kappa shape index (κ3) is 6.18. The monoisotopic (exact) mass is 423 g/mol. The summed E-state index contributed by atoms with van der Waals surface area (Å²) in [4.78, 5) is 23.3. The van der Waals surface area contributed by atoms with Gasteiger partial charge in [-0.15, -0.1) is 12.4 Å². The zero-order valence-electron chi connectivity index (χ0n) is 16.7. The van der Waals surface area contributed by atoms with Crippen LogP contribution in [0.5, 0.6) is 0 Å². The molecule has 0 unspecified atom stereocenters. The molecule has 2 fully saturated rings. The number of amidine groups is 1. The predicted molar refractivity (Wildman–Crippen MR) is 112 cm³/mol. The highest BCUT2D eigenvalue weighted by Crippen LogP contribution is 2.34. The van der Waals surface area contributed by atoms with Crippen LogP contribution >= 0.6 is 12.4 Å². The highest BCUT2D eigenvalue weighted by molar-refractivity contribution is 5.94. The van der Waals surface area contributed by atoms with Gasteiger partial charge in [0.15, 0.2) is 0 Å². The maximum absolute atomic E-state index is 12.0. The van der Waals surface area contributed by atoms with Crippen LogP contribution < -0.4 is 11.1 Å². The summed E-state index contributed by atoms with van der Waals surface area (Å²) < 4.78 is 10.7. The van der Waals surface area contributed by atoms with Gasteiger partial charge in [-0.25, -0.2) is 0 Å². The number of carbonyl (C=O) groups excluding carboxylic acids is 2. The van der Waals surface area contributed by atoms with Crippen LogP contribution in [0.4, 0.5) is 0 Å². The van der Waals surface area contributed by atoms with Gasteiger partial charge in [0.2, 0.25) is 5.91 Å². The molecule has 1 saturated carbocycles. The van der Waals surface area contributed by atoms with E-state index >= 15 is 0 Å². The lowest BCUT2D eigenvalue weighted by atomic mass is 9.82. The van der Waals surface area contributed by atoms with E-state index < -0.39 is 0 Å². The van der Waals surface area contributed by atoms with Crippen molar-refractivity contribution >= 4 is 30.1 Å². The van der Waals surface area contributed by atoms with Gasteiger partial charge >= 0.3 is 5.97 Å². The second-order valence-electron chi connectivity index (χ2n) is 7.76. The molecule has 29 heavy (non-hydrogen) atoms. The predicted octanol–water partition coefficient (Wildman–Crippen LogP) is 2.50. The molecule has 0 aromatic heterocycles. The molecule has 2 atom stereocenters. The van der Waals surface area contributed by atoms with Crippen molar-refractivity contribution in [2.75, 3.05) is 13.7 Å². The lowest BCUT2D eigenvalue weighted by Crippen LogP contribution is -2.33. The van der Waals surface area contributed by atoms with E-state index in [2.05, 4.69) is 22.2 Å². The molecule has 8 heteroatoms. The van der Waals surface area contributed by atoms with E-state index in [1.807, 2.05) is 12.1 Å². The summed E-state index contributed by atoms with van der Waals surface area (Å²) in [6.45, 7) is 0.492. The summed E-state index contributed by atoms with van der Waals surface area (Å²) in [5.74, 6) is -0.143. The van der Waals surface area contributed by atoms with Crippen molar-refractivity contribution in [1.29, 1.82) is 5.41 Å². The van der Waals surface area contributed by atoms with Gasteiger partial charge in [-0.05, 0) is 43.6 Å². The van der Waals surface area contributed by atoms with Gasteiger partial charge in [0.05, 0.1) is 38.2 Å². The number of esters is 1. The Balaban J connectivity index is 0.00000300. The molecule has 1 amide bonds. The van der Waals surface area contributed by atoms with E-state index in [1.54, 1.807) is 0 Å². The van der Waals surface area contributed by atoms with Crippen LogP contribution in [-0.4, -0.2) is 43.6 Å². The molecule has 7 nitrogen and oxygen atoms in total. The molecule has 0 bridgehead atoms. The van der Waals surface area contributed by atoms with Crippen LogP contribution in [0.15, 0.2) is 24.3 Å². The zero-order valence-corrected chi connectivity index (χ0v) is 17.5. The van der Waals surface area contributed by atoms with Gasteiger partial charge < -0.3 is 20.5 Å². The summed E-state index contributed by atoms with van der Waals surface area (Å²) >= 11 is 0. The minimum absolute atomic E-state index is 0. The number of hydrogen-bond donors (Lipinski definition) is 3. The smallest absolute Gasteiger partial charge is 0.306 e. The molecule has 2 aliphatic rings. The molecule has 4 N–H and O–H groups in total. The standard InChI is InChI=1S/C21H29N3O4.ClH/c1-27-19(25)11-16-10-17(24-21(16)26)12-28-18-8-6-14(7-9-18)13-2-4-15(5-3-13)20(22)23;/h2-5,14,16-18H,6-12H2,1H3,(H3,22,23)(H,24,26);1H/t14?,16-,17-,18?;/m0./s1. The lowest BCUT2D eigenvalue weighted by molar-refractivity contribution is -0.143. The van der Waals surface area contributed by atoms with E-state index in [-0.39, 0.29) is 54.6 Å². The van der Waals surface area contributed by atoms with Gasteiger partial charge in [-0.3, -0.25) is 15.0 Å². The first-order valence-corrected chi connectivity index (χ1v) is 9.89. The Morgan fingerprint density at radius 2 is 1.86 bits per heavy atom. The number of ether oxygens (including phenoxy) is 2. The SMILES string of the molecule is COC(=O)C[C@@H]1C[C@@H](COC2CCC(c3ccc(C(=N)N)cc3)CC2)NC1=O.Cl. The first-order valence-electron chi connectivity index (χ1n) is 9.89. The lowest BCUT2D eigenvalue weighted by Gasteiger charge is -2.29. The molecule has 1 aliphatic heterocycles. The first-order chi connectivity index (χ1) is 13.5. The molecular weight excluding hydrogens is 394 g/mol. The van der Waals surface area contributed by atoms with Crippen molar-refractivity contribution in [3.8, 4) is 0 Å². The third-order valence-electron chi connectivity index (χ3n) is 5.83. The van der Waals surface area contributed by atoms with E-state index in [1.165, 1.54) is 12.7 Å². The fourth-order valence-electron chi connectivity index (χ4n) is 4.15. The maximum Gasteiger partial charge on any atom is 0.306 e. The number of benzene rings is 1. The van der Waals surface area contributed by atoms with Crippen LogP contribution in [0.3, 0.4) is 0 Å². The second-order valence-corrected chi connectivity index (χ2v) is 7.76. The topological polar surface area (TPSA) is 114 Å². The van der Waals surface area contributed by atoms with E-state index in [4.69, 9.17) is 15.9 Å². The van der Waals surface area contributed by atoms with Crippen LogP contribution in [0.2, 0.25) is 0 Å². The molecular formula is C21H30ClN3O4. The number of rotatable bonds is 7. The van der Waals surface area contributed by atoms with Crippen molar-refractivity contribution < 1.29 is 19.1 Å². The fourth-order valence-corrected chi connectivity index (χ4v) is 4.15. The summed E-state index contributed by atoms with van der Waals surface area (Å²) in [6.07, 6.45) is 5.07. The largest absolute Gasteiger partial charge is 0.469 e. The molecule has 1 heterocycles. The maximum atomic E-state index is 12.0. The number of nitrogen functional groups attached to an aromatic ring is 1. The van der Waals surface area contributed by atoms with Gasteiger partial charge in [-0.2, -0.15) is 0 Å². The van der Waals surface area contributed by atoms with Crippen LogP contribution in [0, 0.1) is 11.3 Å². The summed E-state index contributed by atoms with van der Waals surface area (Å²) in [7, 11) is 1.34. The molecule has 160 valence electrons. The Labute approximate surface area is 177 Å². The van der Waals surface area contributed by atoms with E-state index in [9.17, 15) is 9.59 Å².